The Kier molecular flexibility index (Phi) is 2.79. The van der Waals surface area contributed by atoms with E-state index < -0.39 is 12.0 Å². The van der Waals surface area contributed by atoms with Crippen LogP contribution in [0, 0.1) is 5.92 Å². The van der Waals surface area contributed by atoms with Crippen molar-refractivity contribution < 1.29 is 9.90 Å². The molecule has 2 rings (SSSR count). The number of nitrogens with zero attached hydrogens (tertiary/aromatic N) is 1. The molecule has 1 unspecified atom stereocenters. The second-order valence-electron chi connectivity index (χ2n) is 3.49. The minimum Gasteiger partial charge on any atom is -0.480 e. The van der Waals surface area contributed by atoms with Gasteiger partial charge in [-0.25, -0.2) is 4.98 Å². The average molecular weight is 212 g/mol. The minimum atomic E-state index is -0.847. The molecule has 5 heteroatoms. The van der Waals surface area contributed by atoms with Crippen molar-refractivity contribution in [2.45, 2.75) is 18.9 Å². The second kappa shape index (κ2) is 4.06. The van der Waals surface area contributed by atoms with E-state index in [1.54, 1.807) is 11.6 Å². The quantitative estimate of drug-likeness (QED) is 0.771. The van der Waals surface area contributed by atoms with Crippen molar-refractivity contribution >= 4 is 17.3 Å². The third kappa shape index (κ3) is 2.30. The Morgan fingerprint density at radius 1 is 1.79 bits per heavy atom. The van der Waals surface area contributed by atoms with Gasteiger partial charge >= 0.3 is 5.97 Å². The SMILES string of the molecule is O=C(O)C(NCC1CC1)c1nccs1. The maximum Gasteiger partial charge on any atom is 0.327 e. The van der Waals surface area contributed by atoms with Crippen molar-refractivity contribution in [3.63, 3.8) is 0 Å². The normalized spacial score (nSPS) is 18.0. The Morgan fingerprint density at radius 3 is 3.07 bits per heavy atom. The number of carbonyl (C=O) groups is 1. The second-order valence-corrected chi connectivity index (χ2v) is 4.42. The predicted octanol–water partition coefficient (Wildman–Crippen LogP) is 1.27. The van der Waals surface area contributed by atoms with Gasteiger partial charge in [-0.15, -0.1) is 11.3 Å². The lowest BCUT2D eigenvalue weighted by Gasteiger charge is -2.10. The fourth-order valence-electron chi connectivity index (χ4n) is 1.26. The van der Waals surface area contributed by atoms with Crippen molar-refractivity contribution in [3.8, 4) is 0 Å². The fraction of sp³-hybridized carbons (Fsp3) is 0.556. The fourth-order valence-corrected chi connectivity index (χ4v) is 1.97. The molecule has 4 nitrogen and oxygen atoms in total. The molecule has 1 aliphatic rings. The van der Waals surface area contributed by atoms with E-state index in [0.717, 1.165) is 6.54 Å². The van der Waals surface area contributed by atoms with Gasteiger partial charge < -0.3 is 5.11 Å². The summed E-state index contributed by atoms with van der Waals surface area (Å²) < 4.78 is 0. The summed E-state index contributed by atoms with van der Waals surface area (Å²) in [6, 6.07) is -0.629. The zero-order valence-corrected chi connectivity index (χ0v) is 8.46. The van der Waals surface area contributed by atoms with Gasteiger partial charge in [-0.05, 0) is 25.3 Å². The minimum absolute atomic E-state index is 0.629. The van der Waals surface area contributed by atoms with Gasteiger partial charge in [-0.2, -0.15) is 0 Å². The molecule has 1 aromatic rings. The molecule has 1 aromatic heterocycles. The first kappa shape index (κ1) is 9.61. The molecule has 1 heterocycles. The summed E-state index contributed by atoms with van der Waals surface area (Å²) in [5, 5.41) is 14.4. The number of thiazole rings is 1. The molecule has 1 atom stereocenters. The lowest BCUT2D eigenvalue weighted by molar-refractivity contribution is -0.139. The first-order valence-corrected chi connectivity index (χ1v) is 5.51. The first-order valence-electron chi connectivity index (χ1n) is 4.63. The molecule has 0 amide bonds. The maximum atomic E-state index is 10.9. The van der Waals surface area contributed by atoms with Gasteiger partial charge in [0.2, 0.25) is 0 Å². The van der Waals surface area contributed by atoms with Crippen molar-refractivity contribution in [2.75, 3.05) is 6.54 Å². The van der Waals surface area contributed by atoms with Crippen molar-refractivity contribution in [3.05, 3.63) is 16.6 Å². The maximum absolute atomic E-state index is 10.9. The topological polar surface area (TPSA) is 62.2 Å². The Balaban J connectivity index is 1.96. The Labute approximate surface area is 86.0 Å². The van der Waals surface area contributed by atoms with E-state index in [4.69, 9.17) is 5.11 Å². The lowest BCUT2D eigenvalue weighted by atomic mass is 10.3. The van der Waals surface area contributed by atoms with Crippen LogP contribution >= 0.6 is 11.3 Å². The molecule has 1 saturated carbocycles. The molecular formula is C9H12N2O2S. The van der Waals surface area contributed by atoms with Crippen molar-refractivity contribution in [1.29, 1.82) is 0 Å². The summed E-state index contributed by atoms with van der Waals surface area (Å²) in [5.41, 5.74) is 0. The molecule has 0 bridgehead atoms. The molecule has 0 aliphatic heterocycles. The van der Waals surface area contributed by atoms with Crippen LogP contribution in [0.3, 0.4) is 0 Å². The number of aliphatic carboxylic acids is 1. The molecule has 0 saturated heterocycles. The van der Waals surface area contributed by atoms with E-state index in [9.17, 15) is 4.79 Å². The van der Waals surface area contributed by atoms with Gasteiger partial charge in [0, 0.05) is 11.6 Å². The number of hydrogen-bond donors (Lipinski definition) is 2. The smallest absolute Gasteiger partial charge is 0.327 e. The van der Waals surface area contributed by atoms with Crippen LogP contribution in [0.5, 0.6) is 0 Å². The van der Waals surface area contributed by atoms with E-state index in [1.165, 1.54) is 24.2 Å². The van der Waals surface area contributed by atoms with Crippen molar-refractivity contribution in [1.82, 2.24) is 10.3 Å². The highest BCUT2D eigenvalue weighted by Gasteiger charge is 2.26. The summed E-state index contributed by atoms with van der Waals surface area (Å²) in [5.74, 6) is -0.169. The molecule has 0 radical (unpaired) electrons. The highest BCUT2D eigenvalue weighted by molar-refractivity contribution is 7.09. The van der Waals surface area contributed by atoms with Crippen LogP contribution in [0.4, 0.5) is 0 Å². The number of nitrogens with one attached hydrogen (secondary N) is 1. The molecule has 1 aliphatic carbocycles. The van der Waals surface area contributed by atoms with Gasteiger partial charge in [0.25, 0.3) is 0 Å². The highest BCUT2D eigenvalue weighted by Crippen LogP contribution is 2.28. The monoisotopic (exact) mass is 212 g/mol. The third-order valence-corrected chi connectivity index (χ3v) is 3.09. The average Bonchev–Trinajstić information content (AvgIpc) is 2.80. The van der Waals surface area contributed by atoms with Crippen molar-refractivity contribution in [2.24, 2.45) is 5.92 Å². The van der Waals surface area contributed by atoms with Gasteiger partial charge in [0.15, 0.2) is 6.04 Å². The van der Waals surface area contributed by atoms with Crippen LogP contribution in [0.2, 0.25) is 0 Å². The number of hydrogen-bond acceptors (Lipinski definition) is 4. The molecule has 2 N–H and O–H groups in total. The number of carboxylic acids is 1. The largest absolute Gasteiger partial charge is 0.480 e. The summed E-state index contributed by atoms with van der Waals surface area (Å²) in [4.78, 5) is 14.9. The number of aromatic nitrogens is 1. The van der Waals surface area contributed by atoms with Crippen LogP contribution < -0.4 is 5.32 Å². The standard InChI is InChI=1S/C9H12N2O2S/c12-9(13)7(8-10-3-4-14-8)11-5-6-1-2-6/h3-4,6-7,11H,1-2,5H2,(H,12,13). The van der Waals surface area contributed by atoms with Gasteiger partial charge in [0.1, 0.15) is 5.01 Å². The van der Waals surface area contributed by atoms with E-state index in [1.807, 2.05) is 0 Å². The van der Waals surface area contributed by atoms with Crippen LogP contribution in [0.25, 0.3) is 0 Å². The molecule has 14 heavy (non-hydrogen) atoms. The summed E-state index contributed by atoms with van der Waals surface area (Å²) >= 11 is 1.38. The van der Waals surface area contributed by atoms with E-state index in [-0.39, 0.29) is 0 Å². The van der Waals surface area contributed by atoms with E-state index in [2.05, 4.69) is 10.3 Å². The summed E-state index contributed by atoms with van der Waals surface area (Å²) in [6.07, 6.45) is 4.07. The molecule has 0 aromatic carbocycles. The van der Waals surface area contributed by atoms with Gasteiger partial charge in [0.05, 0.1) is 0 Å². The summed E-state index contributed by atoms with van der Waals surface area (Å²) in [6.45, 7) is 0.788. The van der Waals surface area contributed by atoms with Gasteiger partial charge in [-0.3, -0.25) is 10.1 Å². The molecule has 76 valence electrons. The van der Waals surface area contributed by atoms with Gasteiger partial charge in [-0.1, -0.05) is 0 Å². The zero-order chi connectivity index (χ0) is 9.97. The summed E-state index contributed by atoms with van der Waals surface area (Å²) in [7, 11) is 0. The van der Waals surface area contributed by atoms with Crippen LogP contribution in [-0.2, 0) is 4.79 Å². The molecular weight excluding hydrogens is 200 g/mol. The number of rotatable bonds is 5. The Hall–Kier alpha value is -0.940. The number of carboxylic acid groups (broad SMARTS) is 1. The van der Waals surface area contributed by atoms with Crippen LogP contribution in [0.1, 0.15) is 23.9 Å². The lowest BCUT2D eigenvalue weighted by Crippen LogP contribution is -2.29. The van der Waals surface area contributed by atoms with E-state index in [0.29, 0.717) is 10.9 Å². The predicted molar refractivity (Wildman–Crippen MR) is 53.2 cm³/mol. The molecule has 0 spiro atoms. The first-order chi connectivity index (χ1) is 6.77. The van der Waals surface area contributed by atoms with E-state index >= 15 is 0 Å². The molecule has 1 fully saturated rings. The van der Waals surface area contributed by atoms with Crippen LogP contribution in [-0.4, -0.2) is 22.6 Å². The Morgan fingerprint density at radius 2 is 2.57 bits per heavy atom. The highest BCUT2D eigenvalue weighted by atomic mass is 32.1. The van der Waals surface area contributed by atoms with Crippen LogP contribution in [0.15, 0.2) is 11.6 Å². The zero-order valence-electron chi connectivity index (χ0n) is 7.64. The third-order valence-electron chi connectivity index (χ3n) is 2.25. The Bertz CT molecular complexity index is 309.